The number of para-hydroxylation sites is 1. The molecule has 3 aromatic heterocycles. The lowest BCUT2D eigenvalue weighted by atomic mass is 10.0. The number of benzene rings is 3. The lowest BCUT2D eigenvalue weighted by molar-refractivity contribution is -0.116. The first kappa shape index (κ1) is 25.4. The van der Waals surface area contributed by atoms with Gasteiger partial charge in [0.1, 0.15) is 0 Å². The number of anilines is 1. The minimum atomic E-state index is -0.190. The average Bonchev–Trinajstić information content (AvgIpc) is 3.73. The minimum absolute atomic E-state index is 0.0641. The van der Waals surface area contributed by atoms with Crippen molar-refractivity contribution in [2.75, 3.05) is 11.9 Å². The molecule has 1 fully saturated rings. The van der Waals surface area contributed by atoms with Gasteiger partial charge in [0.2, 0.25) is 5.91 Å². The Hall–Kier alpha value is -4.60. The molecule has 2 N–H and O–H groups in total. The molecule has 0 bridgehead atoms. The highest BCUT2D eigenvalue weighted by Crippen LogP contribution is 2.40. The molecule has 9 heteroatoms. The number of nitrogens with zero attached hydrogens (tertiary/aromatic N) is 4. The Morgan fingerprint density at radius 2 is 1.78 bits per heavy atom. The molecule has 0 aliphatic carbocycles. The summed E-state index contributed by atoms with van der Waals surface area (Å²) in [6.07, 6.45) is 4.11. The summed E-state index contributed by atoms with van der Waals surface area (Å²) in [6, 6.07) is 31.8. The van der Waals surface area contributed by atoms with Gasteiger partial charge in [-0.1, -0.05) is 65.9 Å². The molecule has 3 aromatic carbocycles. The number of fused-ring (bicyclic) bond motifs is 2. The molecule has 0 radical (unpaired) electrons. The molecular formula is C32H26N6OS2. The first-order valence-corrected chi connectivity index (χ1v) is 14.7. The second-order valence-corrected chi connectivity index (χ2v) is 11.3. The van der Waals surface area contributed by atoms with Crippen LogP contribution in [0.15, 0.2) is 109 Å². The van der Waals surface area contributed by atoms with Crippen molar-refractivity contribution in [3.05, 3.63) is 121 Å². The molecule has 1 aliphatic heterocycles. The van der Waals surface area contributed by atoms with Crippen LogP contribution in [0.25, 0.3) is 26.1 Å². The summed E-state index contributed by atoms with van der Waals surface area (Å²) in [5.74, 6) is -0.0641. The van der Waals surface area contributed by atoms with Gasteiger partial charge in [0.25, 0.3) is 0 Å². The van der Waals surface area contributed by atoms with Crippen LogP contribution in [0.4, 0.5) is 5.69 Å². The molecule has 0 spiro atoms. The number of hydrogen-bond acceptors (Lipinski definition) is 5. The topological polar surface area (TPSA) is 75.1 Å². The molecular weight excluding hydrogens is 549 g/mol. The van der Waals surface area contributed by atoms with Gasteiger partial charge in [-0.3, -0.25) is 14.3 Å². The normalized spacial score (nSPS) is 16.8. The van der Waals surface area contributed by atoms with E-state index in [9.17, 15) is 4.79 Å². The van der Waals surface area contributed by atoms with Gasteiger partial charge >= 0.3 is 0 Å². The predicted molar refractivity (Wildman–Crippen MR) is 168 cm³/mol. The molecule has 0 unspecified atom stereocenters. The molecule has 1 amide bonds. The van der Waals surface area contributed by atoms with Crippen LogP contribution in [0.5, 0.6) is 0 Å². The van der Waals surface area contributed by atoms with Crippen molar-refractivity contribution in [1.82, 2.24) is 24.8 Å². The Balaban J connectivity index is 1.19. The van der Waals surface area contributed by atoms with Gasteiger partial charge in [0, 0.05) is 36.4 Å². The van der Waals surface area contributed by atoms with E-state index in [1.165, 1.54) is 0 Å². The fourth-order valence-electron chi connectivity index (χ4n) is 5.51. The summed E-state index contributed by atoms with van der Waals surface area (Å²) in [6.45, 7) is 0.446. The molecule has 1 aliphatic rings. The Morgan fingerprint density at radius 3 is 2.66 bits per heavy atom. The van der Waals surface area contributed by atoms with Crippen LogP contribution >= 0.6 is 23.6 Å². The van der Waals surface area contributed by atoms with Crippen LogP contribution in [0, 0.1) is 0 Å². The zero-order chi connectivity index (χ0) is 27.8. The number of nitrogens with one attached hydrogen (secondary N) is 2. The number of thiocarbonyl (C=S) groups is 1. The number of rotatable bonds is 7. The number of thiazole rings is 1. The van der Waals surface area contributed by atoms with E-state index in [0.717, 1.165) is 43.2 Å². The van der Waals surface area contributed by atoms with Crippen molar-refractivity contribution in [3.8, 4) is 5.13 Å². The number of hydrogen-bond donors (Lipinski definition) is 2. The number of pyridine rings is 1. The average molecular weight is 575 g/mol. The molecule has 2 atom stereocenters. The van der Waals surface area contributed by atoms with Crippen molar-refractivity contribution < 1.29 is 4.79 Å². The Bertz CT molecular complexity index is 1840. The van der Waals surface area contributed by atoms with Crippen molar-refractivity contribution >= 4 is 61.3 Å². The Morgan fingerprint density at radius 1 is 0.951 bits per heavy atom. The van der Waals surface area contributed by atoms with Gasteiger partial charge in [-0.25, -0.2) is 4.98 Å². The second kappa shape index (κ2) is 10.8. The molecule has 0 saturated carbocycles. The first-order valence-electron chi connectivity index (χ1n) is 13.4. The summed E-state index contributed by atoms with van der Waals surface area (Å²) >= 11 is 7.51. The van der Waals surface area contributed by atoms with E-state index >= 15 is 0 Å². The number of carbonyl (C=O) groups is 1. The van der Waals surface area contributed by atoms with Gasteiger partial charge < -0.3 is 15.5 Å². The van der Waals surface area contributed by atoms with Gasteiger partial charge in [-0.15, -0.1) is 0 Å². The van der Waals surface area contributed by atoms with Crippen molar-refractivity contribution in [2.24, 2.45) is 0 Å². The van der Waals surface area contributed by atoms with Crippen molar-refractivity contribution in [2.45, 2.75) is 18.5 Å². The van der Waals surface area contributed by atoms with Gasteiger partial charge in [0.15, 0.2) is 10.2 Å². The molecule has 6 aromatic rings. The van der Waals surface area contributed by atoms with Crippen LogP contribution in [0.2, 0.25) is 0 Å². The Labute approximate surface area is 246 Å². The van der Waals surface area contributed by atoms with Gasteiger partial charge in [0.05, 0.1) is 33.7 Å². The minimum Gasteiger partial charge on any atom is -0.352 e. The maximum Gasteiger partial charge on any atom is 0.226 e. The third-order valence-corrected chi connectivity index (χ3v) is 8.80. The van der Waals surface area contributed by atoms with Crippen molar-refractivity contribution in [1.29, 1.82) is 0 Å². The predicted octanol–water partition coefficient (Wildman–Crippen LogP) is 6.64. The van der Waals surface area contributed by atoms with Crippen LogP contribution in [-0.2, 0) is 4.79 Å². The standard InChI is InChI=1S/C32H26N6OS2/c39-28(34-23-14-7-10-21-9-1-2-11-22(21)23)17-20-38-30(29(36-31(38)40)25-13-5-6-18-33-25)26-15-8-19-37(26)32-35-24-12-3-4-16-27(24)41-32/h1-16,18-19,29-30H,17,20H2,(H,34,39)(H,36,40)/t29-,30-/m1/s1. The lowest BCUT2D eigenvalue weighted by Crippen LogP contribution is -2.33. The number of amides is 1. The van der Waals surface area contributed by atoms with E-state index in [-0.39, 0.29) is 24.4 Å². The van der Waals surface area contributed by atoms with E-state index in [0.29, 0.717) is 11.7 Å². The van der Waals surface area contributed by atoms with Gasteiger partial charge in [-0.2, -0.15) is 0 Å². The molecule has 1 saturated heterocycles. The summed E-state index contributed by atoms with van der Waals surface area (Å²) in [5.41, 5.74) is 3.69. The molecule has 41 heavy (non-hydrogen) atoms. The fourth-order valence-corrected chi connectivity index (χ4v) is 6.81. The van der Waals surface area contributed by atoms with E-state index in [4.69, 9.17) is 17.2 Å². The monoisotopic (exact) mass is 574 g/mol. The van der Waals surface area contributed by atoms with Crippen LogP contribution in [0.1, 0.15) is 29.9 Å². The lowest BCUT2D eigenvalue weighted by Gasteiger charge is -2.28. The summed E-state index contributed by atoms with van der Waals surface area (Å²) < 4.78 is 3.26. The first-order chi connectivity index (χ1) is 20.2. The quantitative estimate of drug-likeness (QED) is 0.208. The maximum atomic E-state index is 13.2. The Kier molecular flexibility index (Phi) is 6.66. The largest absolute Gasteiger partial charge is 0.352 e. The molecule has 7 nitrogen and oxygen atoms in total. The third kappa shape index (κ3) is 4.83. The summed E-state index contributed by atoms with van der Waals surface area (Å²) in [5, 5.41) is 10.2. The molecule has 202 valence electrons. The van der Waals surface area contributed by atoms with Crippen LogP contribution in [-0.4, -0.2) is 37.0 Å². The molecule has 7 rings (SSSR count). The van der Waals surface area contributed by atoms with E-state index in [1.807, 2.05) is 91.1 Å². The van der Waals surface area contributed by atoms with Gasteiger partial charge in [-0.05, 0) is 60.1 Å². The number of aromatic nitrogens is 3. The highest BCUT2D eigenvalue weighted by atomic mass is 32.1. The number of carbonyl (C=O) groups excluding carboxylic acids is 1. The summed E-state index contributed by atoms with van der Waals surface area (Å²) in [7, 11) is 0. The highest BCUT2D eigenvalue weighted by molar-refractivity contribution is 7.80. The van der Waals surface area contributed by atoms with Crippen LogP contribution < -0.4 is 10.6 Å². The zero-order valence-corrected chi connectivity index (χ0v) is 23.6. The fraction of sp³-hybridized carbons (Fsp3) is 0.125. The van der Waals surface area contributed by atoms with E-state index < -0.39 is 0 Å². The van der Waals surface area contributed by atoms with Crippen molar-refractivity contribution in [3.63, 3.8) is 0 Å². The smallest absolute Gasteiger partial charge is 0.226 e. The second-order valence-electron chi connectivity index (χ2n) is 9.91. The SMILES string of the molecule is O=C(CCN1C(=S)N[C@H](c2ccccn2)[C@H]1c1cccn1-c1nc2ccccc2s1)Nc1cccc2ccccc12. The van der Waals surface area contributed by atoms with Crippen LogP contribution in [0.3, 0.4) is 0 Å². The van der Waals surface area contributed by atoms with E-state index in [1.54, 1.807) is 17.5 Å². The maximum absolute atomic E-state index is 13.2. The zero-order valence-electron chi connectivity index (χ0n) is 22.0. The van der Waals surface area contributed by atoms with E-state index in [2.05, 4.69) is 37.2 Å². The highest BCUT2D eigenvalue weighted by Gasteiger charge is 2.41. The third-order valence-electron chi connectivity index (χ3n) is 7.41. The molecule has 4 heterocycles. The summed E-state index contributed by atoms with van der Waals surface area (Å²) in [4.78, 5) is 24.9.